The van der Waals surface area contributed by atoms with E-state index in [0.717, 1.165) is 6.42 Å². The van der Waals surface area contributed by atoms with Crippen molar-refractivity contribution in [3.05, 3.63) is 35.6 Å². The zero-order valence-corrected chi connectivity index (χ0v) is 14.7. The standard InChI is InChI=1S/C19H28FN3O/c1-22(2)17(15-6-3-7-16(20)14-15)18(24)21-11-10-19-8-4-12-23(19)13-5-9-19/h3,6-7,14,17H,4-5,8-13H2,1-2H3,(H,21,24)/t17-/m0/s1. The molecular weight excluding hydrogens is 305 g/mol. The number of rotatable bonds is 6. The number of fused-ring (bicyclic) bond motifs is 1. The van der Waals surface area contributed by atoms with Crippen LogP contribution in [0.25, 0.3) is 0 Å². The van der Waals surface area contributed by atoms with Gasteiger partial charge in [0, 0.05) is 12.1 Å². The zero-order valence-electron chi connectivity index (χ0n) is 14.7. The van der Waals surface area contributed by atoms with Gasteiger partial charge < -0.3 is 5.32 Å². The zero-order chi connectivity index (χ0) is 17.2. The summed E-state index contributed by atoms with van der Waals surface area (Å²) in [7, 11) is 3.70. The van der Waals surface area contributed by atoms with E-state index < -0.39 is 6.04 Å². The molecule has 0 spiro atoms. The van der Waals surface area contributed by atoms with Gasteiger partial charge in [-0.25, -0.2) is 4.39 Å². The second kappa shape index (κ2) is 7.19. The van der Waals surface area contributed by atoms with Gasteiger partial charge in [0.05, 0.1) is 0 Å². The number of carbonyl (C=O) groups excluding carboxylic acids is 1. The van der Waals surface area contributed by atoms with Crippen LogP contribution in [0.4, 0.5) is 4.39 Å². The molecule has 2 aliphatic rings. The Morgan fingerprint density at radius 1 is 1.33 bits per heavy atom. The molecule has 0 radical (unpaired) electrons. The summed E-state index contributed by atoms with van der Waals surface area (Å²) in [5.74, 6) is -0.358. The molecule has 2 fully saturated rings. The van der Waals surface area contributed by atoms with Crippen LogP contribution in [0.15, 0.2) is 24.3 Å². The normalized spacial score (nSPS) is 21.0. The Morgan fingerprint density at radius 3 is 2.67 bits per heavy atom. The van der Waals surface area contributed by atoms with Crippen LogP contribution in [0.3, 0.4) is 0 Å². The van der Waals surface area contributed by atoms with E-state index in [-0.39, 0.29) is 11.7 Å². The monoisotopic (exact) mass is 333 g/mol. The molecule has 1 aromatic rings. The maximum atomic E-state index is 13.5. The highest BCUT2D eigenvalue weighted by atomic mass is 19.1. The van der Waals surface area contributed by atoms with Crippen LogP contribution in [-0.2, 0) is 4.79 Å². The lowest BCUT2D eigenvalue weighted by Crippen LogP contribution is -2.43. The van der Waals surface area contributed by atoms with Crippen LogP contribution < -0.4 is 5.32 Å². The first-order valence-electron chi connectivity index (χ1n) is 8.96. The van der Waals surface area contributed by atoms with Gasteiger partial charge in [0.1, 0.15) is 11.9 Å². The lowest BCUT2D eigenvalue weighted by Gasteiger charge is -2.32. The van der Waals surface area contributed by atoms with Crippen molar-refractivity contribution in [1.82, 2.24) is 15.1 Å². The van der Waals surface area contributed by atoms with Gasteiger partial charge in [-0.2, -0.15) is 0 Å². The highest BCUT2D eigenvalue weighted by molar-refractivity contribution is 5.83. The fourth-order valence-corrected chi connectivity index (χ4v) is 4.51. The van der Waals surface area contributed by atoms with E-state index in [4.69, 9.17) is 0 Å². The summed E-state index contributed by atoms with van der Waals surface area (Å²) in [6.07, 6.45) is 6.07. The van der Waals surface area contributed by atoms with Crippen LogP contribution in [-0.4, -0.2) is 55.0 Å². The van der Waals surface area contributed by atoms with Gasteiger partial charge in [0.25, 0.3) is 0 Å². The van der Waals surface area contributed by atoms with E-state index >= 15 is 0 Å². The number of amides is 1. The number of halogens is 1. The quantitative estimate of drug-likeness (QED) is 0.869. The van der Waals surface area contributed by atoms with Crippen LogP contribution >= 0.6 is 0 Å². The van der Waals surface area contributed by atoms with Gasteiger partial charge in [0.15, 0.2) is 0 Å². The van der Waals surface area contributed by atoms with Gasteiger partial charge in [-0.1, -0.05) is 12.1 Å². The highest BCUT2D eigenvalue weighted by Gasteiger charge is 2.43. The fourth-order valence-electron chi connectivity index (χ4n) is 4.51. The van der Waals surface area contributed by atoms with Crippen LogP contribution in [0, 0.1) is 5.82 Å². The lowest BCUT2D eigenvalue weighted by atomic mass is 9.90. The minimum atomic E-state index is -0.457. The molecule has 24 heavy (non-hydrogen) atoms. The average molecular weight is 333 g/mol. The smallest absolute Gasteiger partial charge is 0.241 e. The molecular formula is C19H28FN3O. The fraction of sp³-hybridized carbons (Fsp3) is 0.632. The summed E-state index contributed by atoms with van der Waals surface area (Å²) in [6.45, 7) is 3.10. The first kappa shape index (κ1) is 17.4. The molecule has 132 valence electrons. The minimum absolute atomic E-state index is 0.0513. The number of carbonyl (C=O) groups is 1. The van der Waals surface area contributed by atoms with Crippen LogP contribution in [0.5, 0.6) is 0 Å². The molecule has 0 unspecified atom stereocenters. The summed E-state index contributed by atoms with van der Waals surface area (Å²) in [5, 5.41) is 3.09. The molecule has 2 saturated heterocycles. The van der Waals surface area contributed by atoms with Crippen molar-refractivity contribution in [2.24, 2.45) is 0 Å². The van der Waals surface area contributed by atoms with Gasteiger partial charge >= 0.3 is 0 Å². The Kier molecular flexibility index (Phi) is 5.21. The summed E-state index contributed by atoms with van der Waals surface area (Å²) in [5.41, 5.74) is 1.01. The molecule has 0 saturated carbocycles. The third-order valence-electron chi connectivity index (χ3n) is 5.63. The van der Waals surface area contributed by atoms with E-state index in [2.05, 4.69) is 10.2 Å². The minimum Gasteiger partial charge on any atom is -0.354 e. The van der Waals surface area contributed by atoms with Crippen LogP contribution in [0.2, 0.25) is 0 Å². The van der Waals surface area contributed by atoms with E-state index in [1.165, 1.54) is 50.9 Å². The van der Waals surface area contributed by atoms with Crippen molar-refractivity contribution in [3.8, 4) is 0 Å². The Labute approximate surface area is 144 Å². The molecule has 2 aliphatic heterocycles. The molecule has 2 heterocycles. The average Bonchev–Trinajstić information content (AvgIpc) is 3.06. The largest absolute Gasteiger partial charge is 0.354 e. The summed E-state index contributed by atoms with van der Waals surface area (Å²) in [6, 6.07) is 5.85. The number of hydrogen-bond acceptors (Lipinski definition) is 3. The van der Waals surface area contributed by atoms with Crippen LogP contribution in [0.1, 0.15) is 43.7 Å². The summed E-state index contributed by atoms with van der Waals surface area (Å²) in [4.78, 5) is 17.1. The van der Waals surface area contributed by atoms with E-state index in [9.17, 15) is 9.18 Å². The van der Waals surface area contributed by atoms with Gasteiger partial charge in [0.2, 0.25) is 5.91 Å². The number of benzene rings is 1. The molecule has 0 bridgehead atoms. The van der Waals surface area contributed by atoms with Crippen molar-refractivity contribution >= 4 is 5.91 Å². The van der Waals surface area contributed by atoms with Crippen molar-refractivity contribution in [2.75, 3.05) is 33.7 Å². The third kappa shape index (κ3) is 3.47. The Bertz CT molecular complexity index is 580. The molecule has 1 amide bonds. The predicted octanol–water partition coefficient (Wildman–Crippen LogP) is 2.56. The van der Waals surface area contributed by atoms with Gasteiger partial charge in [-0.05, 0) is 77.0 Å². The lowest BCUT2D eigenvalue weighted by molar-refractivity contribution is -0.125. The molecule has 0 aromatic heterocycles. The molecule has 5 heteroatoms. The van der Waals surface area contributed by atoms with Gasteiger partial charge in [-0.15, -0.1) is 0 Å². The molecule has 1 aromatic carbocycles. The SMILES string of the molecule is CN(C)[C@H](C(=O)NCCC12CCCN1CCC2)c1cccc(F)c1. The molecule has 0 aliphatic carbocycles. The van der Waals surface area contributed by atoms with E-state index in [0.29, 0.717) is 17.6 Å². The number of nitrogens with zero attached hydrogens (tertiary/aromatic N) is 2. The molecule has 3 rings (SSSR count). The first-order valence-corrected chi connectivity index (χ1v) is 8.96. The topological polar surface area (TPSA) is 35.6 Å². The second-order valence-electron chi connectivity index (χ2n) is 7.38. The molecule has 1 N–H and O–H groups in total. The Balaban J connectivity index is 1.60. The predicted molar refractivity (Wildman–Crippen MR) is 93.2 cm³/mol. The number of nitrogens with one attached hydrogen (secondary N) is 1. The third-order valence-corrected chi connectivity index (χ3v) is 5.63. The summed E-state index contributed by atoms with van der Waals surface area (Å²) < 4.78 is 13.5. The second-order valence-corrected chi connectivity index (χ2v) is 7.38. The van der Waals surface area contributed by atoms with Crippen molar-refractivity contribution in [2.45, 2.75) is 43.7 Å². The Morgan fingerprint density at radius 2 is 2.04 bits per heavy atom. The molecule has 1 atom stereocenters. The number of hydrogen-bond donors (Lipinski definition) is 1. The number of likely N-dealkylation sites (N-methyl/N-ethyl adjacent to an activating group) is 1. The summed E-state index contributed by atoms with van der Waals surface area (Å²) >= 11 is 0. The van der Waals surface area contributed by atoms with Crippen molar-refractivity contribution in [3.63, 3.8) is 0 Å². The van der Waals surface area contributed by atoms with E-state index in [1.807, 2.05) is 25.1 Å². The maximum absolute atomic E-state index is 13.5. The van der Waals surface area contributed by atoms with Gasteiger partial charge in [-0.3, -0.25) is 14.6 Å². The Hall–Kier alpha value is -1.46. The van der Waals surface area contributed by atoms with Crippen molar-refractivity contribution < 1.29 is 9.18 Å². The van der Waals surface area contributed by atoms with Crippen molar-refractivity contribution in [1.29, 1.82) is 0 Å². The highest BCUT2D eigenvalue weighted by Crippen LogP contribution is 2.40. The van der Waals surface area contributed by atoms with E-state index in [1.54, 1.807) is 6.07 Å². The maximum Gasteiger partial charge on any atom is 0.241 e. The first-order chi connectivity index (χ1) is 11.5. The molecule has 4 nitrogen and oxygen atoms in total.